The molecule has 114 valence electrons. The van der Waals surface area contributed by atoms with Crippen LogP contribution < -0.4 is 10.5 Å². The highest BCUT2D eigenvalue weighted by Gasteiger charge is 2.16. The minimum absolute atomic E-state index is 0.416. The highest BCUT2D eigenvalue weighted by atomic mass is 127. The van der Waals surface area contributed by atoms with Gasteiger partial charge in [0.25, 0.3) is 0 Å². The lowest BCUT2D eigenvalue weighted by molar-refractivity contribution is 0.133. The predicted octanol–water partition coefficient (Wildman–Crippen LogP) is 1.64. The van der Waals surface area contributed by atoms with Gasteiger partial charge in [-0.15, -0.1) is 0 Å². The molecule has 21 heavy (non-hydrogen) atoms. The molecular weight excluding hydrogens is 383 g/mol. The third-order valence-electron chi connectivity index (χ3n) is 3.82. The van der Waals surface area contributed by atoms with Crippen LogP contribution in [0.25, 0.3) is 11.0 Å². The number of fused-ring (bicyclic) bond motifs is 1. The first kappa shape index (κ1) is 14.9. The van der Waals surface area contributed by atoms with Crippen molar-refractivity contribution < 1.29 is 9.26 Å². The van der Waals surface area contributed by atoms with Crippen LogP contribution in [-0.2, 0) is 0 Å². The second kappa shape index (κ2) is 6.37. The SMILES string of the molecule is CN1CCN(CCOc2ccc(I)c3c(N)noc23)CC1. The summed E-state index contributed by atoms with van der Waals surface area (Å²) in [5.41, 5.74) is 6.46. The number of aromatic nitrogens is 1. The smallest absolute Gasteiger partial charge is 0.211 e. The van der Waals surface area contributed by atoms with Gasteiger partial charge in [-0.05, 0) is 41.8 Å². The van der Waals surface area contributed by atoms with Gasteiger partial charge in [-0.2, -0.15) is 0 Å². The lowest BCUT2D eigenvalue weighted by Crippen LogP contribution is -2.45. The molecule has 2 aromatic rings. The number of nitrogens with zero attached hydrogens (tertiary/aromatic N) is 3. The van der Waals surface area contributed by atoms with E-state index < -0.39 is 0 Å². The van der Waals surface area contributed by atoms with Crippen molar-refractivity contribution in [2.75, 3.05) is 52.1 Å². The summed E-state index contributed by atoms with van der Waals surface area (Å²) < 4.78 is 12.2. The van der Waals surface area contributed by atoms with Crippen LogP contribution in [0.1, 0.15) is 0 Å². The molecule has 7 heteroatoms. The van der Waals surface area contributed by atoms with Gasteiger partial charge in [0.1, 0.15) is 6.61 Å². The average Bonchev–Trinajstić information content (AvgIpc) is 2.87. The lowest BCUT2D eigenvalue weighted by Gasteiger charge is -2.32. The molecule has 0 radical (unpaired) electrons. The fourth-order valence-electron chi connectivity index (χ4n) is 2.48. The van der Waals surface area contributed by atoms with E-state index in [1.165, 1.54) is 0 Å². The standard InChI is InChI=1S/C14H19IN4O2/c1-18-4-6-19(7-5-18)8-9-20-11-3-2-10(15)12-13(11)21-17-14(12)16/h2-3H,4-9H2,1H3,(H2,16,17). The quantitative estimate of drug-likeness (QED) is 0.785. The van der Waals surface area contributed by atoms with Gasteiger partial charge in [0.2, 0.25) is 5.58 Å². The summed E-state index contributed by atoms with van der Waals surface area (Å²) in [5.74, 6) is 1.13. The maximum atomic E-state index is 5.87. The monoisotopic (exact) mass is 402 g/mol. The molecular formula is C14H19IN4O2. The zero-order valence-electron chi connectivity index (χ0n) is 12.0. The van der Waals surface area contributed by atoms with Gasteiger partial charge in [-0.25, -0.2) is 0 Å². The van der Waals surface area contributed by atoms with Gasteiger partial charge >= 0.3 is 0 Å². The fourth-order valence-corrected chi connectivity index (χ4v) is 3.18. The summed E-state index contributed by atoms with van der Waals surface area (Å²) in [6.07, 6.45) is 0. The summed E-state index contributed by atoms with van der Waals surface area (Å²) in [6, 6.07) is 3.89. The lowest BCUT2D eigenvalue weighted by atomic mass is 10.2. The Bertz CT molecular complexity index is 623. The number of rotatable bonds is 4. The molecule has 0 unspecified atom stereocenters. The Morgan fingerprint density at radius 2 is 2.10 bits per heavy atom. The second-order valence-electron chi connectivity index (χ2n) is 5.31. The van der Waals surface area contributed by atoms with Crippen LogP contribution in [0.2, 0.25) is 0 Å². The Kier molecular flexibility index (Phi) is 4.51. The summed E-state index contributed by atoms with van der Waals surface area (Å²) in [4.78, 5) is 4.76. The van der Waals surface area contributed by atoms with Crippen LogP contribution in [0, 0.1) is 3.57 Å². The van der Waals surface area contributed by atoms with Crippen molar-refractivity contribution in [2.45, 2.75) is 0 Å². The van der Waals surface area contributed by atoms with Crippen molar-refractivity contribution in [3.05, 3.63) is 15.7 Å². The molecule has 0 bridgehead atoms. The van der Waals surface area contributed by atoms with Crippen molar-refractivity contribution in [2.24, 2.45) is 0 Å². The van der Waals surface area contributed by atoms with E-state index in [2.05, 4.69) is 44.6 Å². The van der Waals surface area contributed by atoms with E-state index in [1.807, 2.05) is 12.1 Å². The normalized spacial score (nSPS) is 17.4. The summed E-state index contributed by atoms with van der Waals surface area (Å²) in [6.45, 7) is 5.98. The molecule has 0 spiro atoms. The van der Waals surface area contributed by atoms with E-state index in [0.717, 1.165) is 41.7 Å². The van der Waals surface area contributed by atoms with Crippen LogP contribution in [0.5, 0.6) is 5.75 Å². The van der Waals surface area contributed by atoms with Crippen molar-refractivity contribution >= 4 is 39.4 Å². The molecule has 1 aliphatic heterocycles. The summed E-state index contributed by atoms with van der Waals surface area (Å²) in [5, 5.41) is 4.67. The first-order valence-electron chi connectivity index (χ1n) is 7.02. The van der Waals surface area contributed by atoms with Crippen LogP contribution in [0.3, 0.4) is 0 Å². The van der Waals surface area contributed by atoms with Gasteiger partial charge in [0.15, 0.2) is 11.6 Å². The summed E-state index contributed by atoms with van der Waals surface area (Å²) in [7, 11) is 2.16. The molecule has 2 heterocycles. The number of ether oxygens (including phenoxy) is 1. The molecule has 0 amide bonds. The Labute approximate surface area is 137 Å². The number of nitrogen functional groups attached to an aromatic ring is 1. The van der Waals surface area contributed by atoms with E-state index in [9.17, 15) is 0 Å². The van der Waals surface area contributed by atoms with Crippen LogP contribution in [0.4, 0.5) is 5.82 Å². The van der Waals surface area contributed by atoms with E-state index >= 15 is 0 Å². The van der Waals surface area contributed by atoms with Crippen LogP contribution in [-0.4, -0.2) is 61.3 Å². The minimum atomic E-state index is 0.416. The van der Waals surface area contributed by atoms with Gasteiger partial charge < -0.3 is 19.9 Å². The molecule has 1 saturated heterocycles. The number of anilines is 1. The molecule has 3 rings (SSSR count). The number of likely N-dealkylation sites (N-methyl/N-ethyl adjacent to an activating group) is 1. The highest BCUT2D eigenvalue weighted by Crippen LogP contribution is 2.33. The Hall–Kier alpha value is -1.06. The van der Waals surface area contributed by atoms with Gasteiger partial charge in [0, 0.05) is 36.3 Å². The zero-order chi connectivity index (χ0) is 14.8. The third-order valence-corrected chi connectivity index (χ3v) is 4.72. The van der Waals surface area contributed by atoms with Crippen molar-refractivity contribution in [1.29, 1.82) is 0 Å². The van der Waals surface area contributed by atoms with Gasteiger partial charge in [0.05, 0.1) is 5.39 Å². The molecule has 1 aromatic heterocycles. The topological polar surface area (TPSA) is 67.8 Å². The van der Waals surface area contributed by atoms with Gasteiger partial charge in [-0.3, -0.25) is 4.90 Å². The van der Waals surface area contributed by atoms with Crippen molar-refractivity contribution in [1.82, 2.24) is 15.0 Å². The maximum absolute atomic E-state index is 5.87. The van der Waals surface area contributed by atoms with E-state index in [1.54, 1.807) is 0 Å². The van der Waals surface area contributed by atoms with Crippen molar-refractivity contribution in [3.8, 4) is 5.75 Å². The fraction of sp³-hybridized carbons (Fsp3) is 0.500. The zero-order valence-corrected chi connectivity index (χ0v) is 14.2. The largest absolute Gasteiger partial charge is 0.488 e. The van der Waals surface area contributed by atoms with E-state index in [4.69, 9.17) is 15.0 Å². The highest BCUT2D eigenvalue weighted by molar-refractivity contribution is 14.1. The van der Waals surface area contributed by atoms with Crippen molar-refractivity contribution in [3.63, 3.8) is 0 Å². The van der Waals surface area contributed by atoms with E-state index in [-0.39, 0.29) is 0 Å². The summed E-state index contributed by atoms with van der Waals surface area (Å²) >= 11 is 2.22. The number of nitrogens with two attached hydrogens (primary N) is 1. The molecule has 0 saturated carbocycles. The van der Waals surface area contributed by atoms with Crippen LogP contribution >= 0.6 is 22.6 Å². The second-order valence-corrected chi connectivity index (χ2v) is 6.47. The first-order valence-corrected chi connectivity index (χ1v) is 8.10. The number of piperazine rings is 1. The van der Waals surface area contributed by atoms with Gasteiger partial charge in [-0.1, -0.05) is 5.16 Å². The number of hydrogen-bond donors (Lipinski definition) is 1. The Morgan fingerprint density at radius 3 is 2.86 bits per heavy atom. The van der Waals surface area contributed by atoms with Crippen LogP contribution in [0.15, 0.2) is 16.7 Å². The van der Waals surface area contributed by atoms with E-state index in [0.29, 0.717) is 23.8 Å². The molecule has 0 aliphatic carbocycles. The molecule has 1 aliphatic rings. The Balaban J connectivity index is 1.62. The molecule has 1 aromatic carbocycles. The maximum Gasteiger partial charge on any atom is 0.211 e. The molecule has 6 nitrogen and oxygen atoms in total. The predicted molar refractivity (Wildman–Crippen MR) is 90.6 cm³/mol. The Morgan fingerprint density at radius 1 is 1.33 bits per heavy atom. The first-order chi connectivity index (χ1) is 10.1. The number of hydrogen-bond acceptors (Lipinski definition) is 6. The number of halogens is 1. The number of benzene rings is 1. The average molecular weight is 402 g/mol. The minimum Gasteiger partial charge on any atom is -0.488 e. The molecule has 0 atom stereocenters. The molecule has 1 fully saturated rings. The third kappa shape index (κ3) is 3.24. The molecule has 2 N–H and O–H groups in total.